The van der Waals surface area contributed by atoms with Crippen molar-refractivity contribution in [1.82, 2.24) is 20.0 Å². The van der Waals surface area contributed by atoms with Crippen LogP contribution < -0.4 is 5.32 Å². The van der Waals surface area contributed by atoms with Crippen molar-refractivity contribution in [3.63, 3.8) is 0 Å². The van der Waals surface area contributed by atoms with Crippen LogP contribution in [0.2, 0.25) is 0 Å². The third kappa shape index (κ3) is 3.82. The van der Waals surface area contributed by atoms with Gasteiger partial charge in [-0.15, -0.1) is 0 Å². The summed E-state index contributed by atoms with van der Waals surface area (Å²) in [7, 11) is 0. The van der Waals surface area contributed by atoms with Crippen LogP contribution in [0.25, 0.3) is 0 Å². The van der Waals surface area contributed by atoms with Gasteiger partial charge in [0.2, 0.25) is 5.91 Å². The van der Waals surface area contributed by atoms with Crippen molar-refractivity contribution in [2.45, 2.75) is 38.3 Å². The van der Waals surface area contributed by atoms with Gasteiger partial charge in [-0.05, 0) is 51.1 Å². The molecular formula is C17H24N4O2. The zero-order chi connectivity index (χ0) is 16.1. The van der Waals surface area contributed by atoms with Gasteiger partial charge in [-0.2, -0.15) is 5.10 Å². The van der Waals surface area contributed by atoms with E-state index in [0.29, 0.717) is 6.54 Å². The van der Waals surface area contributed by atoms with Gasteiger partial charge in [0.1, 0.15) is 11.8 Å². The highest BCUT2D eigenvalue weighted by atomic mass is 16.3. The van der Waals surface area contributed by atoms with Crippen LogP contribution in [0.3, 0.4) is 0 Å². The molecule has 0 bridgehead atoms. The fourth-order valence-electron chi connectivity index (χ4n) is 3.10. The predicted octanol–water partition coefficient (Wildman–Crippen LogP) is 2.38. The topological polar surface area (TPSA) is 63.3 Å². The highest BCUT2D eigenvalue weighted by molar-refractivity contribution is 5.79. The number of aromatic nitrogens is 2. The van der Waals surface area contributed by atoms with Crippen molar-refractivity contribution in [2.24, 2.45) is 0 Å². The van der Waals surface area contributed by atoms with Crippen molar-refractivity contribution >= 4 is 5.91 Å². The van der Waals surface area contributed by atoms with Gasteiger partial charge in [0.15, 0.2) is 0 Å². The maximum absolute atomic E-state index is 12.4. The molecule has 0 spiro atoms. The first-order valence-electron chi connectivity index (χ1n) is 8.30. The van der Waals surface area contributed by atoms with Gasteiger partial charge in [0, 0.05) is 18.9 Å². The SMILES string of the molecule is C[C@H](C(=O)NC[C@@H](c1ccco1)N1CCCCC1)n1cccn1. The lowest BCUT2D eigenvalue weighted by atomic mass is 10.1. The van der Waals surface area contributed by atoms with Gasteiger partial charge in [-0.25, -0.2) is 0 Å². The molecular weight excluding hydrogens is 292 g/mol. The molecule has 0 aliphatic carbocycles. The maximum Gasteiger partial charge on any atom is 0.244 e. The summed E-state index contributed by atoms with van der Waals surface area (Å²) in [6.45, 7) is 4.51. The zero-order valence-electron chi connectivity index (χ0n) is 13.5. The number of nitrogens with one attached hydrogen (secondary N) is 1. The number of rotatable bonds is 6. The number of amides is 1. The van der Waals surface area contributed by atoms with Crippen LogP contribution in [0.5, 0.6) is 0 Å². The zero-order valence-corrected chi connectivity index (χ0v) is 13.5. The van der Waals surface area contributed by atoms with E-state index in [1.54, 1.807) is 23.3 Å². The summed E-state index contributed by atoms with van der Waals surface area (Å²) in [6, 6.07) is 5.49. The van der Waals surface area contributed by atoms with Crippen molar-refractivity contribution in [1.29, 1.82) is 0 Å². The third-order valence-corrected chi connectivity index (χ3v) is 4.47. The Balaban J connectivity index is 1.63. The molecule has 2 aromatic heterocycles. The molecule has 2 aromatic rings. The summed E-state index contributed by atoms with van der Waals surface area (Å²) in [5.41, 5.74) is 0. The molecule has 1 aliphatic rings. The van der Waals surface area contributed by atoms with Crippen LogP contribution in [0.1, 0.15) is 44.0 Å². The van der Waals surface area contributed by atoms with Gasteiger partial charge in [-0.1, -0.05) is 6.42 Å². The molecule has 3 heterocycles. The lowest BCUT2D eigenvalue weighted by Crippen LogP contribution is -2.42. The quantitative estimate of drug-likeness (QED) is 0.889. The molecule has 6 heteroatoms. The van der Waals surface area contributed by atoms with Gasteiger partial charge >= 0.3 is 0 Å². The Morgan fingerprint density at radius 2 is 2.17 bits per heavy atom. The second-order valence-electron chi connectivity index (χ2n) is 6.04. The van der Waals surface area contributed by atoms with E-state index >= 15 is 0 Å². The summed E-state index contributed by atoms with van der Waals surface area (Å²) in [5.74, 6) is 0.890. The van der Waals surface area contributed by atoms with Crippen LogP contribution in [0.4, 0.5) is 0 Å². The highest BCUT2D eigenvalue weighted by Gasteiger charge is 2.26. The second-order valence-corrected chi connectivity index (χ2v) is 6.04. The number of furan rings is 1. The molecule has 0 unspecified atom stereocenters. The number of carbonyl (C=O) groups excluding carboxylic acids is 1. The van der Waals surface area contributed by atoms with Crippen molar-refractivity contribution in [3.8, 4) is 0 Å². The molecule has 124 valence electrons. The van der Waals surface area contributed by atoms with Crippen LogP contribution in [-0.2, 0) is 4.79 Å². The standard InChI is InChI=1S/C17H24N4O2/c1-14(21-11-6-8-19-21)17(22)18-13-15(16-7-5-12-23-16)20-9-3-2-4-10-20/h5-8,11-12,14-15H,2-4,9-10,13H2,1H3,(H,18,22)/t14-,15+/m1/s1. The number of nitrogens with zero attached hydrogens (tertiary/aromatic N) is 3. The average molecular weight is 316 g/mol. The molecule has 1 N–H and O–H groups in total. The Hall–Kier alpha value is -2.08. The average Bonchev–Trinajstić information content (AvgIpc) is 3.29. The van der Waals surface area contributed by atoms with Crippen molar-refractivity contribution in [2.75, 3.05) is 19.6 Å². The number of piperidine rings is 1. The van der Waals surface area contributed by atoms with Gasteiger partial charge in [-0.3, -0.25) is 14.4 Å². The Morgan fingerprint density at radius 3 is 2.83 bits per heavy atom. The predicted molar refractivity (Wildman–Crippen MR) is 86.8 cm³/mol. The molecule has 0 saturated carbocycles. The van der Waals surface area contributed by atoms with Gasteiger partial charge < -0.3 is 9.73 Å². The monoisotopic (exact) mass is 316 g/mol. The maximum atomic E-state index is 12.4. The molecule has 0 radical (unpaired) electrons. The van der Waals surface area contributed by atoms with E-state index in [2.05, 4.69) is 15.3 Å². The van der Waals surface area contributed by atoms with Crippen LogP contribution in [0.15, 0.2) is 41.3 Å². The first-order chi connectivity index (χ1) is 11.3. The molecule has 1 fully saturated rings. The lowest BCUT2D eigenvalue weighted by molar-refractivity contribution is -0.124. The largest absolute Gasteiger partial charge is 0.468 e. The van der Waals surface area contributed by atoms with Crippen LogP contribution in [-0.4, -0.2) is 40.2 Å². The molecule has 3 rings (SSSR count). The lowest BCUT2D eigenvalue weighted by Gasteiger charge is -2.33. The van der Waals surface area contributed by atoms with E-state index in [1.807, 2.05) is 25.1 Å². The number of likely N-dealkylation sites (tertiary alicyclic amines) is 1. The Kier molecular flexibility index (Phi) is 5.12. The smallest absolute Gasteiger partial charge is 0.244 e. The van der Waals surface area contributed by atoms with Gasteiger partial charge in [0.05, 0.1) is 12.3 Å². The normalized spacial score (nSPS) is 18.5. The highest BCUT2D eigenvalue weighted by Crippen LogP contribution is 2.24. The minimum Gasteiger partial charge on any atom is -0.468 e. The third-order valence-electron chi connectivity index (χ3n) is 4.47. The molecule has 23 heavy (non-hydrogen) atoms. The summed E-state index contributed by atoms with van der Waals surface area (Å²) < 4.78 is 7.27. The fourth-order valence-corrected chi connectivity index (χ4v) is 3.10. The number of carbonyl (C=O) groups is 1. The van der Waals surface area contributed by atoms with E-state index < -0.39 is 0 Å². The summed E-state index contributed by atoms with van der Waals surface area (Å²) in [6.07, 6.45) is 8.87. The molecule has 1 saturated heterocycles. The number of hydrogen-bond donors (Lipinski definition) is 1. The fraction of sp³-hybridized carbons (Fsp3) is 0.529. The number of hydrogen-bond acceptors (Lipinski definition) is 4. The minimum atomic E-state index is -0.316. The molecule has 0 aromatic carbocycles. The van der Waals surface area contributed by atoms with E-state index in [0.717, 1.165) is 18.8 Å². The van der Waals surface area contributed by atoms with Crippen LogP contribution >= 0.6 is 0 Å². The molecule has 1 aliphatic heterocycles. The Morgan fingerprint density at radius 1 is 1.35 bits per heavy atom. The van der Waals surface area contributed by atoms with Gasteiger partial charge in [0.25, 0.3) is 0 Å². The van der Waals surface area contributed by atoms with Crippen molar-refractivity contribution in [3.05, 3.63) is 42.6 Å². The molecule has 2 atom stereocenters. The molecule has 1 amide bonds. The van der Waals surface area contributed by atoms with E-state index in [-0.39, 0.29) is 18.0 Å². The summed E-state index contributed by atoms with van der Waals surface area (Å²) in [5, 5.41) is 7.19. The second kappa shape index (κ2) is 7.46. The first kappa shape index (κ1) is 15.8. The Bertz CT molecular complexity index is 588. The van der Waals surface area contributed by atoms with E-state index in [1.165, 1.54) is 19.3 Å². The van der Waals surface area contributed by atoms with Crippen LogP contribution in [0, 0.1) is 0 Å². The first-order valence-corrected chi connectivity index (χ1v) is 8.30. The van der Waals surface area contributed by atoms with Crippen molar-refractivity contribution < 1.29 is 9.21 Å². The van der Waals surface area contributed by atoms with E-state index in [4.69, 9.17) is 4.42 Å². The summed E-state index contributed by atoms with van der Waals surface area (Å²) >= 11 is 0. The Labute approximate surface area is 136 Å². The molecule has 6 nitrogen and oxygen atoms in total. The van der Waals surface area contributed by atoms with E-state index in [9.17, 15) is 4.79 Å². The minimum absolute atomic E-state index is 0.0257. The summed E-state index contributed by atoms with van der Waals surface area (Å²) in [4.78, 5) is 14.8.